The van der Waals surface area contributed by atoms with Gasteiger partial charge in [-0.15, -0.1) is 5.10 Å². The van der Waals surface area contributed by atoms with Gasteiger partial charge in [-0.2, -0.15) is 5.26 Å². The maximum atomic E-state index is 8.95. The SMILES string of the molecule is CC#N.On1nnc2ccccc21. The molecule has 5 heteroatoms. The largest absolute Gasteiger partial charge is 0.410 e. The number of fused-ring (bicyclic) bond motifs is 1. The highest BCUT2D eigenvalue weighted by atomic mass is 16.5. The van der Waals surface area contributed by atoms with Crippen molar-refractivity contribution in [3.63, 3.8) is 0 Å². The lowest BCUT2D eigenvalue weighted by molar-refractivity contribution is 0.155. The van der Waals surface area contributed by atoms with Crippen LogP contribution in [0.3, 0.4) is 0 Å². The second-order valence-electron chi connectivity index (χ2n) is 2.19. The Balaban J connectivity index is 0.000000251. The molecule has 66 valence electrons. The van der Waals surface area contributed by atoms with Gasteiger partial charge in [0.2, 0.25) is 0 Å². The van der Waals surface area contributed by atoms with Gasteiger partial charge in [-0.05, 0) is 17.3 Å². The molecule has 0 fully saturated rings. The van der Waals surface area contributed by atoms with E-state index in [0.29, 0.717) is 11.0 Å². The molecular formula is C8H8N4O. The fourth-order valence-electron chi connectivity index (χ4n) is 0.857. The van der Waals surface area contributed by atoms with E-state index in [9.17, 15) is 0 Å². The molecule has 0 aliphatic rings. The van der Waals surface area contributed by atoms with Gasteiger partial charge in [-0.1, -0.05) is 17.0 Å². The van der Waals surface area contributed by atoms with E-state index in [1.165, 1.54) is 6.92 Å². The van der Waals surface area contributed by atoms with E-state index in [0.717, 1.165) is 4.85 Å². The van der Waals surface area contributed by atoms with Gasteiger partial charge in [-0.25, -0.2) is 0 Å². The van der Waals surface area contributed by atoms with Crippen molar-refractivity contribution < 1.29 is 5.21 Å². The van der Waals surface area contributed by atoms with Gasteiger partial charge in [-0.3, -0.25) is 0 Å². The molecule has 0 aliphatic heterocycles. The topological polar surface area (TPSA) is 74.7 Å². The van der Waals surface area contributed by atoms with Crippen molar-refractivity contribution in [2.75, 3.05) is 0 Å². The average Bonchev–Trinajstić information content (AvgIpc) is 2.50. The molecule has 0 atom stereocenters. The quantitative estimate of drug-likeness (QED) is 0.612. The van der Waals surface area contributed by atoms with Gasteiger partial charge in [0.1, 0.15) is 11.0 Å². The van der Waals surface area contributed by atoms with Gasteiger partial charge in [0.25, 0.3) is 0 Å². The van der Waals surface area contributed by atoms with Crippen molar-refractivity contribution in [2.45, 2.75) is 6.92 Å². The number of aromatic nitrogens is 3. The summed E-state index contributed by atoms with van der Waals surface area (Å²) in [5.41, 5.74) is 1.33. The fraction of sp³-hybridized carbons (Fsp3) is 0.125. The number of rotatable bonds is 0. The number of nitriles is 1. The number of benzene rings is 1. The van der Waals surface area contributed by atoms with E-state index >= 15 is 0 Å². The second kappa shape index (κ2) is 4.07. The van der Waals surface area contributed by atoms with Crippen LogP contribution in [0.25, 0.3) is 11.0 Å². The van der Waals surface area contributed by atoms with Crippen molar-refractivity contribution >= 4 is 11.0 Å². The Morgan fingerprint density at radius 2 is 2.08 bits per heavy atom. The third-order valence-corrected chi connectivity index (χ3v) is 1.33. The molecule has 1 heterocycles. The van der Waals surface area contributed by atoms with E-state index in [1.807, 2.05) is 12.1 Å². The van der Waals surface area contributed by atoms with Crippen molar-refractivity contribution in [3.8, 4) is 6.07 Å². The standard InChI is InChI=1S/C6H5N3O.C2H3N/c10-9-6-4-2-1-3-5(6)7-8-9;1-2-3/h1-4,10H;1H3. The number of nitrogens with zero attached hydrogens (tertiary/aromatic N) is 4. The van der Waals surface area contributed by atoms with Gasteiger partial charge in [0, 0.05) is 6.92 Å². The van der Waals surface area contributed by atoms with Crippen LogP contribution in [0.5, 0.6) is 0 Å². The number of hydrogen-bond donors (Lipinski definition) is 1. The van der Waals surface area contributed by atoms with Gasteiger partial charge >= 0.3 is 0 Å². The second-order valence-corrected chi connectivity index (χ2v) is 2.19. The fourth-order valence-corrected chi connectivity index (χ4v) is 0.857. The summed E-state index contributed by atoms with van der Waals surface area (Å²) in [5, 5.41) is 23.4. The van der Waals surface area contributed by atoms with E-state index < -0.39 is 0 Å². The molecule has 1 N–H and O–H groups in total. The van der Waals surface area contributed by atoms with Gasteiger partial charge in [0.15, 0.2) is 0 Å². The van der Waals surface area contributed by atoms with Gasteiger partial charge < -0.3 is 5.21 Å². The lowest BCUT2D eigenvalue weighted by Gasteiger charge is -1.85. The summed E-state index contributed by atoms with van der Waals surface area (Å²) in [4.78, 5) is 0.759. The molecule has 13 heavy (non-hydrogen) atoms. The highest BCUT2D eigenvalue weighted by Crippen LogP contribution is 2.06. The molecule has 5 nitrogen and oxygen atoms in total. The first-order valence-corrected chi connectivity index (χ1v) is 3.60. The van der Waals surface area contributed by atoms with Crippen LogP contribution in [0.4, 0.5) is 0 Å². The molecule has 1 aromatic carbocycles. The minimum absolute atomic E-state index is 0.627. The molecule has 0 radical (unpaired) electrons. The predicted octanol–water partition coefficient (Wildman–Crippen LogP) is 1.20. The molecule has 2 aromatic rings. The normalized spacial score (nSPS) is 8.62. The molecule has 0 aliphatic carbocycles. The Morgan fingerprint density at radius 1 is 1.46 bits per heavy atom. The third kappa shape index (κ3) is 1.93. The van der Waals surface area contributed by atoms with Crippen LogP contribution in [0.1, 0.15) is 6.92 Å². The molecule has 0 saturated heterocycles. The molecule has 0 spiro atoms. The lowest BCUT2D eigenvalue weighted by atomic mass is 10.3. The Morgan fingerprint density at radius 3 is 2.69 bits per heavy atom. The Hall–Kier alpha value is -2.09. The molecule has 1 aromatic heterocycles. The van der Waals surface area contributed by atoms with Crippen LogP contribution in [0.15, 0.2) is 24.3 Å². The first kappa shape index (κ1) is 9.00. The van der Waals surface area contributed by atoms with Crippen molar-refractivity contribution in [2.24, 2.45) is 0 Å². The summed E-state index contributed by atoms with van der Waals surface area (Å²) in [7, 11) is 0. The number of para-hydroxylation sites is 1. The molecule has 0 amide bonds. The zero-order valence-electron chi connectivity index (χ0n) is 7.05. The van der Waals surface area contributed by atoms with Crippen LogP contribution < -0.4 is 0 Å². The Labute approximate surface area is 74.8 Å². The summed E-state index contributed by atoms with van der Waals surface area (Å²) in [5.74, 6) is 0. The highest BCUT2D eigenvalue weighted by Gasteiger charge is 1.98. The van der Waals surface area contributed by atoms with E-state index in [4.69, 9.17) is 10.5 Å². The molecule has 0 saturated carbocycles. The minimum atomic E-state index is 0.627. The van der Waals surface area contributed by atoms with Gasteiger partial charge in [0.05, 0.1) is 6.07 Å². The monoisotopic (exact) mass is 176 g/mol. The summed E-state index contributed by atoms with van der Waals surface area (Å²) in [6.07, 6.45) is 0. The molecular weight excluding hydrogens is 168 g/mol. The summed E-state index contributed by atoms with van der Waals surface area (Å²) < 4.78 is 0. The van der Waals surface area contributed by atoms with Crippen LogP contribution in [-0.2, 0) is 0 Å². The van der Waals surface area contributed by atoms with E-state index in [2.05, 4.69) is 10.3 Å². The highest BCUT2D eigenvalue weighted by molar-refractivity contribution is 5.73. The zero-order chi connectivity index (χ0) is 9.68. The van der Waals surface area contributed by atoms with Crippen molar-refractivity contribution in [3.05, 3.63) is 24.3 Å². The average molecular weight is 176 g/mol. The molecule has 0 unspecified atom stereocenters. The Bertz CT molecular complexity index is 429. The number of hydrogen-bond acceptors (Lipinski definition) is 4. The van der Waals surface area contributed by atoms with E-state index in [-0.39, 0.29) is 0 Å². The maximum absolute atomic E-state index is 8.95. The summed E-state index contributed by atoms with van der Waals surface area (Å²) in [6.45, 7) is 1.43. The van der Waals surface area contributed by atoms with Crippen molar-refractivity contribution in [1.82, 2.24) is 15.2 Å². The Kier molecular flexibility index (Phi) is 2.82. The van der Waals surface area contributed by atoms with Crippen LogP contribution >= 0.6 is 0 Å². The lowest BCUT2D eigenvalue weighted by Crippen LogP contribution is -1.90. The van der Waals surface area contributed by atoms with Crippen LogP contribution in [0, 0.1) is 11.3 Å². The van der Waals surface area contributed by atoms with E-state index in [1.54, 1.807) is 18.2 Å². The van der Waals surface area contributed by atoms with Crippen LogP contribution in [-0.4, -0.2) is 20.4 Å². The molecule has 2 rings (SSSR count). The summed E-state index contributed by atoms with van der Waals surface area (Å²) >= 11 is 0. The minimum Gasteiger partial charge on any atom is -0.410 e. The first-order valence-electron chi connectivity index (χ1n) is 3.60. The predicted molar refractivity (Wildman–Crippen MR) is 46.0 cm³/mol. The smallest absolute Gasteiger partial charge is 0.130 e. The maximum Gasteiger partial charge on any atom is 0.130 e. The zero-order valence-corrected chi connectivity index (χ0v) is 7.05. The summed E-state index contributed by atoms with van der Waals surface area (Å²) in [6, 6.07) is 8.94. The van der Waals surface area contributed by atoms with Crippen LogP contribution in [0.2, 0.25) is 0 Å². The molecule has 0 bridgehead atoms. The third-order valence-electron chi connectivity index (χ3n) is 1.33. The first-order chi connectivity index (χ1) is 6.29. The van der Waals surface area contributed by atoms with Crippen molar-refractivity contribution in [1.29, 1.82) is 5.26 Å².